The molecule has 0 aliphatic heterocycles. The molecular formula is C13H18N4OS. The van der Waals surface area contributed by atoms with Gasteiger partial charge in [-0.3, -0.25) is 4.98 Å². The third-order valence-corrected chi connectivity index (χ3v) is 3.65. The van der Waals surface area contributed by atoms with Crippen LogP contribution in [0.1, 0.15) is 30.0 Å². The van der Waals surface area contributed by atoms with Gasteiger partial charge >= 0.3 is 0 Å². The van der Waals surface area contributed by atoms with Crippen molar-refractivity contribution in [1.82, 2.24) is 20.3 Å². The van der Waals surface area contributed by atoms with Crippen molar-refractivity contribution < 1.29 is 4.74 Å². The second-order valence-corrected chi connectivity index (χ2v) is 5.08. The van der Waals surface area contributed by atoms with E-state index in [1.54, 1.807) is 18.4 Å². The number of rotatable bonds is 7. The van der Waals surface area contributed by atoms with E-state index in [1.165, 1.54) is 11.2 Å². The molecule has 2 rings (SSSR count). The van der Waals surface area contributed by atoms with E-state index in [2.05, 4.69) is 27.2 Å². The highest BCUT2D eigenvalue weighted by atomic mass is 32.1. The molecule has 2 aromatic heterocycles. The minimum absolute atomic E-state index is 0.243. The molecule has 0 saturated heterocycles. The molecule has 102 valence electrons. The lowest BCUT2D eigenvalue weighted by Crippen LogP contribution is -2.23. The summed E-state index contributed by atoms with van der Waals surface area (Å²) in [6.07, 6.45) is 5.36. The van der Waals surface area contributed by atoms with Crippen LogP contribution >= 0.6 is 11.3 Å². The Hall–Kier alpha value is -1.53. The Morgan fingerprint density at radius 2 is 2.32 bits per heavy atom. The van der Waals surface area contributed by atoms with Crippen LogP contribution in [-0.4, -0.2) is 28.6 Å². The Kier molecular flexibility index (Phi) is 5.23. The zero-order valence-electron chi connectivity index (χ0n) is 11.2. The van der Waals surface area contributed by atoms with Crippen LogP contribution in [0, 0.1) is 0 Å². The van der Waals surface area contributed by atoms with Crippen molar-refractivity contribution in [3.05, 3.63) is 34.7 Å². The van der Waals surface area contributed by atoms with Gasteiger partial charge < -0.3 is 10.1 Å². The number of thiazole rings is 1. The average Bonchev–Trinajstić information content (AvgIpc) is 2.97. The molecule has 0 aliphatic carbocycles. The Labute approximate surface area is 117 Å². The largest absolute Gasteiger partial charge is 0.481 e. The van der Waals surface area contributed by atoms with Crippen LogP contribution in [0.2, 0.25) is 0 Å². The fourth-order valence-corrected chi connectivity index (χ4v) is 2.50. The van der Waals surface area contributed by atoms with Gasteiger partial charge in [-0.25, -0.2) is 9.97 Å². The quantitative estimate of drug-likeness (QED) is 0.841. The van der Waals surface area contributed by atoms with E-state index < -0.39 is 0 Å². The predicted octanol–water partition coefficient (Wildman–Crippen LogP) is 2.23. The number of nitrogens with zero attached hydrogens (tertiary/aromatic N) is 3. The molecule has 6 heteroatoms. The van der Waals surface area contributed by atoms with Crippen LogP contribution in [0.5, 0.6) is 5.88 Å². The maximum Gasteiger partial charge on any atom is 0.216 e. The highest BCUT2D eigenvalue weighted by molar-refractivity contribution is 7.09. The zero-order chi connectivity index (χ0) is 13.5. The third-order valence-electron chi connectivity index (χ3n) is 2.76. The number of nitrogens with one attached hydrogen (secondary N) is 1. The van der Waals surface area contributed by atoms with Crippen LogP contribution in [0.15, 0.2) is 24.1 Å². The van der Waals surface area contributed by atoms with E-state index in [0.717, 1.165) is 25.1 Å². The molecule has 0 spiro atoms. The minimum Gasteiger partial charge on any atom is -0.481 e. The summed E-state index contributed by atoms with van der Waals surface area (Å²) in [5.74, 6) is 0.601. The lowest BCUT2D eigenvalue weighted by atomic mass is 10.1. The number of aromatic nitrogens is 3. The highest BCUT2D eigenvalue weighted by Crippen LogP contribution is 2.21. The Morgan fingerprint density at radius 3 is 3.00 bits per heavy atom. The molecule has 19 heavy (non-hydrogen) atoms. The molecule has 1 N–H and O–H groups in total. The monoisotopic (exact) mass is 278 g/mol. The molecule has 2 aromatic rings. The second kappa shape index (κ2) is 7.16. The van der Waals surface area contributed by atoms with Gasteiger partial charge in [-0.05, 0) is 13.0 Å². The summed E-state index contributed by atoms with van der Waals surface area (Å²) in [7, 11) is 1.61. The van der Waals surface area contributed by atoms with Crippen LogP contribution in [-0.2, 0) is 6.42 Å². The van der Waals surface area contributed by atoms with Gasteiger partial charge in [0.25, 0.3) is 0 Å². The van der Waals surface area contributed by atoms with E-state index >= 15 is 0 Å². The predicted molar refractivity (Wildman–Crippen MR) is 75.4 cm³/mol. The van der Waals surface area contributed by atoms with Crippen molar-refractivity contribution in [2.75, 3.05) is 13.7 Å². The first-order valence-corrected chi connectivity index (χ1v) is 7.18. The maximum absolute atomic E-state index is 5.13. The lowest BCUT2D eigenvalue weighted by Gasteiger charge is -2.16. The summed E-state index contributed by atoms with van der Waals surface area (Å²) in [6.45, 7) is 3.13. The van der Waals surface area contributed by atoms with E-state index in [9.17, 15) is 0 Å². The molecule has 1 unspecified atom stereocenters. The van der Waals surface area contributed by atoms with Gasteiger partial charge in [-0.15, -0.1) is 11.3 Å². The van der Waals surface area contributed by atoms with Crippen LogP contribution in [0.3, 0.4) is 0 Å². The Morgan fingerprint density at radius 1 is 1.42 bits per heavy atom. The Bertz CT molecular complexity index is 489. The highest BCUT2D eigenvalue weighted by Gasteiger charge is 2.14. The van der Waals surface area contributed by atoms with Crippen LogP contribution < -0.4 is 10.1 Å². The van der Waals surface area contributed by atoms with Gasteiger partial charge in [0.1, 0.15) is 6.33 Å². The van der Waals surface area contributed by atoms with E-state index in [-0.39, 0.29) is 6.04 Å². The van der Waals surface area contributed by atoms with E-state index in [4.69, 9.17) is 4.74 Å². The van der Waals surface area contributed by atoms with Crippen molar-refractivity contribution in [2.45, 2.75) is 25.8 Å². The standard InChI is InChI=1S/C13H18N4OS/c1-3-4-15-11(12-7-14-9-19-12)5-10-6-13(18-2)17-8-16-10/h6-9,11,15H,3-5H2,1-2H3. The molecule has 5 nitrogen and oxygen atoms in total. The normalized spacial score (nSPS) is 12.3. The van der Waals surface area contributed by atoms with Crippen LogP contribution in [0.25, 0.3) is 0 Å². The van der Waals surface area contributed by atoms with Crippen molar-refractivity contribution >= 4 is 11.3 Å². The van der Waals surface area contributed by atoms with Gasteiger partial charge in [0, 0.05) is 35.3 Å². The maximum atomic E-state index is 5.13. The molecule has 2 heterocycles. The smallest absolute Gasteiger partial charge is 0.216 e. The number of ether oxygens (including phenoxy) is 1. The van der Waals surface area contributed by atoms with Gasteiger partial charge in [0.15, 0.2) is 0 Å². The average molecular weight is 278 g/mol. The summed E-state index contributed by atoms with van der Waals surface area (Å²) < 4.78 is 5.13. The summed E-state index contributed by atoms with van der Waals surface area (Å²) in [4.78, 5) is 13.7. The van der Waals surface area contributed by atoms with Crippen molar-refractivity contribution in [3.8, 4) is 5.88 Å². The molecule has 0 aromatic carbocycles. The fraction of sp³-hybridized carbons (Fsp3) is 0.462. The third kappa shape index (κ3) is 3.97. The van der Waals surface area contributed by atoms with Crippen molar-refractivity contribution in [2.24, 2.45) is 0 Å². The lowest BCUT2D eigenvalue weighted by molar-refractivity contribution is 0.395. The zero-order valence-corrected chi connectivity index (χ0v) is 12.0. The molecule has 0 aliphatic rings. The molecule has 0 saturated carbocycles. The minimum atomic E-state index is 0.243. The van der Waals surface area contributed by atoms with Crippen LogP contribution in [0.4, 0.5) is 0 Å². The molecule has 0 bridgehead atoms. The molecule has 0 radical (unpaired) electrons. The van der Waals surface area contributed by atoms with Gasteiger partial charge in [0.2, 0.25) is 5.88 Å². The molecule has 0 fully saturated rings. The molecule has 0 amide bonds. The summed E-state index contributed by atoms with van der Waals surface area (Å²) in [5, 5.41) is 3.53. The van der Waals surface area contributed by atoms with Crippen molar-refractivity contribution in [3.63, 3.8) is 0 Å². The van der Waals surface area contributed by atoms with Gasteiger partial charge in [-0.2, -0.15) is 0 Å². The summed E-state index contributed by atoms with van der Waals surface area (Å²) >= 11 is 1.66. The van der Waals surface area contributed by atoms with E-state index in [0.29, 0.717) is 5.88 Å². The first-order valence-electron chi connectivity index (χ1n) is 6.30. The molecule has 1 atom stereocenters. The fourth-order valence-electron chi connectivity index (χ4n) is 1.80. The molecular weight excluding hydrogens is 260 g/mol. The first kappa shape index (κ1) is 13.9. The topological polar surface area (TPSA) is 59.9 Å². The van der Waals surface area contributed by atoms with Crippen molar-refractivity contribution in [1.29, 1.82) is 0 Å². The number of hydrogen-bond donors (Lipinski definition) is 1. The van der Waals surface area contributed by atoms with Gasteiger partial charge in [0.05, 0.1) is 12.6 Å². The summed E-state index contributed by atoms with van der Waals surface area (Å²) in [5.41, 5.74) is 2.82. The number of methoxy groups -OCH3 is 1. The number of hydrogen-bond acceptors (Lipinski definition) is 6. The van der Waals surface area contributed by atoms with Gasteiger partial charge in [-0.1, -0.05) is 6.92 Å². The summed E-state index contributed by atoms with van der Waals surface area (Å²) in [6, 6.07) is 2.12. The second-order valence-electron chi connectivity index (χ2n) is 4.17. The SMILES string of the molecule is CCCNC(Cc1cc(OC)ncn1)c1cncs1. The first-order chi connectivity index (χ1) is 9.33. The van der Waals surface area contributed by atoms with E-state index in [1.807, 2.05) is 17.8 Å². The Balaban J connectivity index is 2.10.